The van der Waals surface area contributed by atoms with Gasteiger partial charge >= 0.3 is 0 Å². The third kappa shape index (κ3) is 11.0. The van der Waals surface area contributed by atoms with Crippen LogP contribution in [0.5, 0.6) is 0 Å². The van der Waals surface area contributed by atoms with E-state index in [-0.39, 0.29) is 22.1 Å². The Balaban J connectivity index is 0.000000231. The van der Waals surface area contributed by atoms with Crippen molar-refractivity contribution in [1.82, 2.24) is 16.0 Å². The van der Waals surface area contributed by atoms with Crippen LogP contribution >= 0.6 is 0 Å². The molecule has 1 unspecified atom stereocenters. The van der Waals surface area contributed by atoms with Crippen LogP contribution in [0.15, 0.2) is 87.5 Å². The Bertz CT molecular complexity index is 1900. The first-order valence-electron chi connectivity index (χ1n) is 18.8. The van der Waals surface area contributed by atoms with Gasteiger partial charge in [-0.2, -0.15) is 0 Å². The van der Waals surface area contributed by atoms with Crippen molar-refractivity contribution in [2.24, 2.45) is 17.8 Å². The molecule has 326 valence electrons. The minimum Gasteiger partial charge on any atom is -0.317 e. The minimum atomic E-state index is -4.20. The normalized spacial score (nSPS) is 20.6. The fourth-order valence-corrected chi connectivity index (χ4v) is 12.2. The highest BCUT2D eigenvalue weighted by Crippen LogP contribution is 2.40. The van der Waals surface area contributed by atoms with Gasteiger partial charge in [-0.15, -0.1) is 0 Å². The van der Waals surface area contributed by atoms with E-state index in [1.165, 1.54) is 36.4 Å². The zero-order valence-electron chi connectivity index (χ0n) is 32.1. The number of alkyl halides is 3. The van der Waals surface area contributed by atoms with Crippen molar-refractivity contribution in [2.45, 2.75) is 96.4 Å². The van der Waals surface area contributed by atoms with Gasteiger partial charge in [0, 0.05) is 17.8 Å². The average Bonchev–Trinajstić information content (AvgIpc) is 3.19. The Labute approximate surface area is 339 Å². The summed E-state index contributed by atoms with van der Waals surface area (Å²) in [5, 5.41) is 2.08. The Morgan fingerprint density at radius 3 is 0.845 bits per heavy atom. The van der Waals surface area contributed by atoms with E-state index in [2.05, 4.69) is 16.0 Å². The summed E-state index contributed by atoms with van der Waals surface area (Å²) >= 11 is 0. The molecule has 0 bridgehead atoms. The van der Waals surface area contributed by atoms with Crippen LogP contribution in [0.4, 0.5) is 26.3 Å². The first kappa shape index (κ1) is 49.3. The molecule has 3 atom stereocenters. The molecule has 0 amide bonds. The van der Waals surface area contributed by atoms with Crippen LogP contribution in [-0.2, 0) is 29.5 Å². The van der Waals surface area contributed by atoms with E-state index in [4.69, 9.17) is 0 Å². The number of halogens is 6. The van der Waals surface area contributed by atoms with Crippen LogP contribution in [0.2, 0.25) is 0 Å². The van der Waals surface area contributed by atoms with Crippen molar-refractivity contribution in [1.29, 1.82) is 0 Å². The molecule has 9 nitrogen and oxygen atoms in total. The number of rotatable bonds is 9. The van der Waals surface area contributed by atoms with E-state index in [0.717, 1.165) is 57.2 Å². The van der Waals surface area contributed by atoms with E-state index in [0.29, 0.717) is 77.8 Å². The van der Waals surface area contributed by atoms with Crippen LogP contribution in [0.25, 0.3) is 0 Å². The standard InChI is InChI=1S/3C13H17F2NO2S.CH4/c3*1-13(15,10-5-7-16-8-6-10)19(17,18)12-4-2-3-11(14)9-12;/h3*2-4,9-10,16H,5-8H2,1H3;1H4/t2*13-;;/m10../s1. The molecule has 0 spiro atoms. The fraction of sp³-hybridized carbons (Fsp3) is 0.550. The Hall–Kier alpha value is -3.03. The Morgan fingerprint density at radius 2 is 0.655 bits per heavy atom. The quantitative estimate of drug-likeness (QED) is 0.187. The molecular weight excluding hydrogens is 829 g/mol. The lowest BCUT2D eigenvalue weighted by Crippen LogP contribution is -2.44. The van der Waals surface area contributed by atoms with E-state index < -0.39 is 79.7 Å². The predicted octanol–water partition coefficient (Wildman–Crippen LogP) is 7.49. The maximum absolute atomic E-state index is 14.8. The SMILES string of the molecule is C.CC(F)(C1CCNCC1)S(=O)(=O)c1cccc(F)c1.C[C@@](F)(C1CCNCC1)S(=O)(=O)c1cccc(F)c1.C[C@](F)(C1CCNCC1)S(=O)(=O)c1cccc(F)c1. The maximum Gasteiger partial charge on any atom is 0.215 e. The largest absolute Gasteiger partial charge is 0.317 e. The van der Waals surface area contributed by atoms with Gasteiger partial charge in [-0.05, 0) is 153 Å². The molecule has 3 aliphatic heterocycles. The van der Waals surface area contributed by atoms with E-state index >= 15 is 0 Å². The summed E-state index contributed by atoms with van der Waals surface area (Å²) in [7, 11) is -12.6. The highest BCUT2D eigenvalue weighted by molar-refractivity contribution is 7.93. The Kier molecular flexibility index (Phi) is 17.0. The molecule has 6 rings (SSSR count). The molecular formula is C40H55F6N3O6S3. The van der Waals surface area contributed by atoms with Gasteiger partial charge in [0.15, 0.2) is 0 Å². The highest BCUT2D eigenvalue weighted by atomic mass is 32.2. The van der Waals surface area contributed by atoms with Crippen molar-refractivity contribution >= 4 is 29.5 Å². The third-order valence-electron chi connectivity index (χ3n) is 11.1. The zero-order valence-corrected chi connectivity index (χ0v) is 34.5. The highest BCUT2D eigenvalue weighted by Gasteiger charge is 2.49. The summed E-state index contributed by atoms with van der Waals surface area (Å²) in [5.74, 6) is -3.74. The van der Waals surface area contributed by atoms with Crippen LogP contribution in [0.3, 0.4) is 0 Å². The second kappa shape index (κ2) is 20.0. The summed E-state index contributed by atoms with van der Waals surface area (Å²) in [6.45, 7) is 6.86. The van der Waals surface area contributed by atoms with Crippen molar-refractivity contribution in [3.63, 3.8) is 0 Å². The van der Waals surface area contributed by atoms with E-state index in [1.807, 2.05) is 0 Å². The second-order valence-corrected chi connectivity index (χ2v) is 21.7. The van der Waals surface area contributed by atoms with Gasteiger partial charge in [-0.1, -0.05) is 25.6 Å². The summed E-state index contributed by atoms with van der Waals surface area (Å²) in [6, 6.07) is 13.6. The van der Waals surface area contributed by atoms with Crippen LogP contribution in [0.1, 0.15) is 66.7 Å². The van der Waals surface area contributed by atoms with E-state index in [9.17, 15) is 51.6 Å². The maximum atomic E-state index is 14.8. The summed E-state index contributed by atoms with van der Waals surface area (Å²) < 4.78 is 158. The molecule has 3 saturated heterocycles. The topological polar surface area (TPSA) is 139 Å². The van der Waals surface area contributed by atoms with Gasteiger partial charge < -0.3 is 16.0 Å². The molecule has 3 heterocycles. The third-order valence-corrected chi connectivity index (χ3v) is 17.9. The fourth-order valence-electron chi connectivity index (χ4n) is 7.26. The molecule has 58 heavy (non-hydrogen) atoms. The molecule has 3 aromatic carbocycles. The molecule has 3 N–H and O–H groups in total. The molecule has 3 aromatic rings. The number of hydrogen-bond donors (Lipinski definition) is 3. The molecule has 3 aliphatic rings. The molecule has 3 fully saturated rings. The van der Waals surface area contributed by atoms with Gasteiger partial charge in [0.25, 0.3) is 0 Å². The molecule has 18 heteroatoms. The lowest BCUT2D eigenvalue weighted by molar-refractivity contribution is 0.159. The number of nitrogens with one attached hydrogen (secondary N) is 3. The lowest BCUT2D eigenvalue weighted by atomic mass is 9.93. The van der Waals surface area contributed by atoms with Gasteiger partial charge in [0.1, 0.15) is 17.5 Å². The van der Waals surface area contributed by atoms with Crippen LogP contribution in [0, 0.1) is 35.2 Å². The number of sulfone groups is 3. The number of piperidine rings is 3. The Morgan fingerprint density at radius 1 is 0.448 bits per heavy atom. The molecule has 0 saturated carbocycles. The van der Waals surface area contributed by atoms with Gasteiger partial charge in [-0.3, -0.25) is 0 Å². The van der Waals surface area contributed by atoms with Crippen molar-refractivity contribution in [2.75, 3.05) is 39.3 Å². The van der Waals surface area contributed by atoms with E-state index in [1.54, 1.807) is 0 Å². The first-order chi connectivity index (χ1) is 26.6. The number of hydrogen-bond acceptors (Lipinski definition) is 9. The average molecular weight is 884 g/mol. The monoisotopic (exact) mass is 883 g/mol. The van der Waals surface area contributed by atoms with Crippen molar-refractivity contribution < 1.29 is 51.6 Å². The van der Waals surface area contributed by atoms with Crippen LogP contribution < -0.4 is 16.0 Å². The summed E-state index contributed by atoms with van der Waals surface area (Å²) in [6.07, 6.45) is 2.76. The molecule has 0 aromatic heterocycles. The first-order valence-corrected chi connectivity index (χ1v) is 23.2. The molecule has 0 aliphatic carbocycles. The second-order valence-electron chi connectivity index (χ2n) is 14.9. The molecule has 0 radical (unpaired) electrons. The smallest absolute Gasteiger partial charge is 0.215 e. The number of benzene rings is 3. The lowest BCUT2D eigenvalue weighted by Gasteiger charge is -2.33. The zero-order chi connectivity index (χ0) is 42.3. The van der Waals surface area contributed by atoms with Crippen LogP contribution in [-0.4, -0.2) is 79.5 Å². The summed E-state index contributed by atoms with van der Waals surface area (Å²) in [4.78, 5) is -0.886. The van der Waals surface area contributed by atoms with Gasteiger partial charge in [0.05, 0.1) is 14.7 Å². The minimum absolute atomic E-state index is 0. The van der Waals surface area contributed by atoms with Gasteiger partial charge in [0.2, 0.25) is 44.5 Å². The summed E-state index contributed by atoms with van der Waals surface area (Å²) in [5.41, 5.74) is 0. The van der Waals surface area contributed by atoms with Crippen molar-refractivity contribution in [3.8, 4) is 0 Å². The van der Waals surface area contributed by atoms with Gasteiger partial charge in [-0.25, -0.2) is 51.6 Å². The predicted molar refractivity (Wildman–Crippen MR) is 213 cm³/mol. The van der Waals surface area contributed by atoms with Crippen molar-refractivity contribution in [3.05, 3.63) is 90.2 Å².